The van der Waals surface area contributed by atoms with Gasteiger partial charge in [-0.15, -0.1) is 0 Å². The number of nitrogens with one attached hydrogen (secondary N) is 1. The Morgan fingerprint density at radius 1 is 1.21 bits per heavy atom. The summed E-state index contributed by atoms with van der Waals surface area (Å²) in [7, 11) is 0. The fourth-order valence-corrected chi connectivity index (χ4v) is 2.62. The second-order valence-corrected chi connectivity index (χ2v) is 5.50. The van der Waals surface area contributed by atoms with Crippen LogP contribution < -0.4 is 11.3 Å². The fourth-order valence-electron chi connectivity index (χ4n) is 2.62. The van der Waals surface area contributed by atoms with Gasteiger partial charge < -0.3 is 5.43 Å². The van der Waals surface area contributed by atoms with Gasteiger partial charge in [-0.05, 0) is 31.7 Å². The summed E-state index contributed by atoms with van der Waals surface area (Å²) in [5, 5.41) is 0. The van der Waals surface area contributed by atoms with E-state index in [0.29, 0.717) is 6.04 Å². The number of nitrogens with two attached hydrogens (primary N) is 1. The minimum atomic E-state index is 0.484. The molecular formula is C16H25N3. The highest BCUT2D eigenvalue weighted by Crippen LogP contribution is 2.20. The normalized spacial score (nSPS) is 17.5. The average molecular weight is 259 g/mol. The summed E-state index contributed by atoms with van der Waals surface area (Å²) in [5.74, 6) is 6.55. The standard InChI is InChI=1S/C16H25N3/c1-13-7-9-14(10-8-13)11-12-16(19-17)18-15-5-3-2-4-6-15/h7-10,15H,2-6,11-12,17H2,1H3,(H,18,19). The zero-order valence-electron chi connectivity index (χ0n) is 11.9. The Balaban J connectivity index is 1.87. The number of rotatable bonds is 4. The van der Waals surface area contributed by atoms with E-state index in [2.05, 4.69) is 36.6 Å². The predicted molar refractivity (Wildman–Crippen MR) is 81.1 cm³/mol. The largest absolute Gasteiger partial charge is 0.312 e. The molecule has 19 heavy (non-hydrogen) atoms. The first-order valence-corrected chi connectivity index (χ1v) is 7.37. The van der Waals surface area contributed by atoms with Crippen LogP contribution in [-0.4, -0.2) is 11.9 Å². The lowest BCUT2D eigenvalue weighted by Gasteiger charge is -2.19. The van der Waals surface area contributed by atoms with Crippen molar-refractivity contribution < 1.29 is 0 Å². The van der Waals surface area contributed by atoms with Crippen LogP contribution in [0.5, 0.6) is 0 Å². The number of hydrogen-bond acceptors (Lipinski definition) is 2. The second kappa shape index (κ2) is 7.29. The zero-order chi connectivity index (χ0) is 13.5. The molecule has 1 aromatic carbocycles. The molecule has 1 fully saturated rings. The van der Waals surface area contributed by atoms with Gasteiger partial charge in [-0.1, -0.05) is 49.1 Å². The summed E-state index contributed by atoms with van der Waals surface area (Å²) in [6, 6.07) is 9.17. The van der Waals surface area contributed by atoms with Gasteiger partial charge in [0.15, 0.2) is 0 Å². The molecule has 1 aliphatic rings. The maximum Gasteiger partial charge on any atom is 0.111 e. The minimum Gasteiger partial charge on any atom is -0.312 e. The third-order valence-electron chi connectivity index (χ3n) is 3.85. The lowest BCUT2D eigenvalue weighted by atomic mass is 9.96. The van der Waals surface area contributed by atoms with Crippen LogP contribution >= 0.6 is 0 Å². The van der Waals surface area contributed by atoms with E-state index < -0.39 is 0 Å². The van der Waals surface area contributed by atoms with Gasteiger partial charge in [-0.25, -0.2) is 5.84 Å². The Morgan fingerprint density at radius 2 is 1.89 bits per heavy atom. The van der Waals surface area contributed by atoms with Crippen molar-refractivity contribution in [3.05, 3.63) is 35.4 Å². The molecule has 0 heterocycles. The van der Waals surface area contributed by atoms with Gasteiger partial charge in [-0.3, -0.25) is 4.99 Å². The Morgan fingerprint density at radius 3 is 2.53 bits per heavy atom. The Kier molecular flexibility index (Phi) is 5.40. The topological polar surface area (TPSA) is 50.4 Å². The number of nitrogens with zero attached hydrogens (tertiary/aromatic N) is 1. The zero-order valence-corrected chi connectivity index (χ0v) is 11.9. The number of amidine groups is 1. The number of aliphatic imine (C=N–C) groups is 1. The van der Waals surface area contributed by atoms with Crippen molar-refractivity contribution in [2.45, 2.75) is 57.9 Å². The molecule has 0 radical (unpaired) electrons. The van der Waals surface area contributed by atoms with Crippen LogP contribution in [-0.2, 0) is 6.42 Å². The molecule has 0 bridgehead atoms. The summed E-state index contributed by atoms with van der Waals surface area (Å²) in [6.07, 6.45) is 8.31. The number of hydrogen-bond donors (Lipinski definition) is 2. The van der Waals surface area contributed by atoms with Crippen LogP contribution in [0.25, 0.3) is 0 Å². The van der Waals surface area contributed by atoms with Crippen LogP contribution in [0.4, 0.5) is 0 Å². The van der Waals surface area contributed by atoms with Crippen molar-refractivity contribution in [3.63, 3.8) is 0 Å². The van der Waals surface area contributed by atoms with Gasteiger partial charge in [0, 0.05) is 6.42 Å². The molecule has 3 N–H and O–H groups in total. The van der Waals surface area contributed by atoms with E-state index >= 15 is 0 Å². The van der Waals surface area contributed by atoms with Gasteiger partial charge in [0.05, 0.1) is 6.04 Å². The number of aryl methyl sites for hydroxylation is 2. The van der Waals surface area contributed by atoms with Crippen LogP contribution in [0.3, 0.4) is 0 Å². The summed E-state index contributed by atoms with van der Waals surface area (Å²) < 4.78 is 0. The number of hydrazine groups is 1. The van der Waals surface area contributed by atoms with Crippen molar-refractivity contribution in [1.82, 2.24) is 5.43 Å². The Hall–Kier alpha value is -1.35. The van der Waals surface area contributed by atoms with Gasteiger partial charge in [-0.2, -0.15) is 0 Å². The monoisotopic (exact) mass is 259 g/mol. The van der Waals surface area contributed by atoms with Gasteiger partial charge in [0.1, 0.15) is 5.84 Å². The summed E-state index contributed by atoms with van der Waals surface area (Å²) >= 11 is 0. The first-order chi connectivity index (χ1) is 9.28. The van der Waals surface area contributed by atoms with Crippen LogP contribution in [0.1, 0.15) is 49.7 Å². The molecule has 2 rings (SSSR count). The minimum absolute atomic E-state index is 0.484. The van der Waals surface area contributed by atoms with Crippen molar-refractivity contribution in [1.29, 1.82) is 0 Å². The van der Waals surface area contributed by atoms with E-state index in [4.69, 9.17) is 10.8 Å². The maximum absolute atomic E-state index is 5.60. The van der Waals surface area contributed by atoms with Crippen LogP contribution in [0.15, 0.2) is 29.3 Å². The molecule has 1 aromatic rings. The van der Waals surface area contributed by atoms with Crippen LogP contribution in [0, 0.1) is 6.92 Å². The SMILES string of the molecule is Cc1ccc(CCC(=NC2CCCCC2)NN)cc1. The Labute approximate surface area is 116 Å². The molecular weight excluding hydrogens is 234 g/mol. The van der Waals surface area contributed by atoms with E-state index in [-0.39, 0.29) is 0 Å². The third-order valence-corrected chi connectivity index (χ3v) is 3.85. The molecule has 3 heteroatoms. The second-order valence-electron chi connectivity index (χ2n) is 5.50. The summed E-state index contributed by atoms with van der Waals surface area (Å²) in [5.41, 5.74) is 5.43. The van der Waals surface area contributed by atoms with Gasteiger partial charge >= 0.3 is 0 Å². The van der Waals surface area contributed by atoms with E-state index in [9.17, 15) is 0 Å². The molecule has 0 aromatic heterocycles. The van der Waals surface area contributed by atoms with Crippen molar-refractivity contribution in [2.75, 3.05) is 0 Å². The summed E-state index contributed by atoms with van der Waals surface area (Å²) in [6.45, 7) is 2.11. The van der Waals surface area contributed by atoms with Crippen LogP contribution in [0.2, 0.25) is 0 Å². The highest BCUT2D eigenvalue weighted by Gasteiger charge is 2.12. The molecule has 3 nitrogen and oxygen atoms in total. The van der Waals surface area contributed by atoms with Crippen molar-refractivity contribution in [2.24, 2.45) is 10.8 Å². The fraction of sp³-hybridized carbons (Fsp3) is 0.562. The predicted octanol–water partition coefficient (Wildman–Crippen LogP) is 3.12. The first-order valence-electron chi connectivity index (χ1n) is 7.37. The highest BCUT2D eigenvalue weighted by molar-refractivity contribution is 5.82. The molecule has 0 aliphatic heterocycles. The molecule has 0 unspecified atom stereocenters. The summed E-state index contributed by atoms with van der Waals surface area (Å²) in [4.78, 5) is 4.77. The average Bonchev–Trinajstić information content (AvgIpc) is 2.46. The van der Waals surface area contributed by atoms with Gasteiger partial charge in [0.25, 0.3) is 0 Å². The molecule has 1 saturated carbocycles. The van der Waals surface area contributed by atoms with Gasteiger partial charge in [0.2, 0.25) is 0 Å². The smallest absolute Gasteiger partial charge is 0.111 e. The molecule has 1 aliphatic carbocycles. The van der Waals surface area contributed by atoms with Crippen molar-refractivity contribution in [3.8, 4) is 0 Å². The Bertz CT molecular complexity index is 403. The third kappa shape index (κ3) is 4.67. The van der Waals surface area contributed by atoms with E-state index in [1.54, 1.807) is 0 Å². The number of benzene rings is 1. The lowest BCUT2D eigenvalue weighted by molar-refractivity contribution is 0.441. The van der Waals surface area contributed by atoms with Crippen molar-refractivity contribution >= 4 is 5.84 Å². The van der Waals surface area contributed by atoms with E-state index in [1.165, 1.54) is 43.2 Å². The first kappa shape index (κ1) is 14.1. The molecule has 0 saturated heterocycles. The molecule has 0 atom stereocenters. The highest BCUT2D eigenvalue weighted by atomic mass is 15.3. The molecule has 0 spiro atoms. The van der Waals surface area contributed by atoms with E-state index in [1.807, 2.05) is 0 Å². The lowest BCUT2D eigenvalue weighted by Crippen LogP contribution is -2.32. The molecule has 104 valence electrons. The maximum atomic E-state index is 5.60. The van der Waals surface area contributed by atoms with E-state index in [0.717, 1.165) is 18.7 Å². The quantitative estimate of drug-likeness (QED) is 0.378. The molecule has 0 amide bonds.